The van der Waals surface area contributed by atoms with Gasteiger partial charge in [-0.25, -0.2) is 0 Å². The summed E-state index contributed by atoms with van der Waals surface area (Å²) in [4.78, 5) is 0. The van der Waals surface area contributed by atoms with Crippen LogP contribution >= 0.6 is 0 Å². The van der Waals surface area contributed by atoms with Gasteiger partial charge in [-0.05, 0) is 32.1 Å². The maximum atomic E-state index is 5.76. The normalized spacial score (nSPS) is 29.9. The predicted molar refractivity (Wildman–Crippen MR) is 40.2 cm³/mol. The molecule has 0 saturated heterocycles. The quantitative estimate of drug-likeness (QED) is 0.388. The summed E-state index contributed by atoms with van der Waals surface area (Å²) in [6.07, 6.45) is 5.95. The largest absolute Gasteiger partial charge is 0.328 e. The van der Waals surface area contributed by atoms with Crippen molar-refractivity contribution in [3.05, 3.63) is 12.2 Å². The lowest BCUT2D eigenvalue weighted by Gasteiger charge is -2.03. The molecule has 2 N–H and O–H groups in total. The summed E-state index contributed by atoms with van der Waals surface area (Å²) in [5.41, 5.74) is 7.15. The van der Waals surface area contributed by atoms with Crippen LogP contribution in [-0.4, -0.2) is 6.04 Å². The van der Waals surface area contributed by atoms with Crippen molar-refractivity contribution in [2.45, 2.75) is 38.1 Å². The van der Waals surface area contributed by atoms with Gasteiger partial charge in [-0.2, -0.15) is 0 Å². The summed E-state index contributed by atoms with van der Waals surface area (Å²) in [6.45, 7) is 3.95. The van der Waals surface area contributed by atoms with Crippen molar-refractivity contribution < 1.29 is 0 Å². The van der Waals surface area contributed by atoms with E-state index in [-0.39, 0.29) is 0 Å². The molecule has 1 aliphatic carbocycles. The van der Waals surface area contributed by atoms with E-state index in [0.717, 1.165) is 12.8 Å². The van der Waals surface area contributed by atoms with Gasteiger partial charge in [-0.1, -0.05) is 12.2 Å². The molecule has 52 valence electrons. The molecule has 1 atom stereocenters. The molecule has 0 bridgehead atoms. The Bertz CT molecular complexity index is 107. The number of hydrogen-bond donors (Lipinski definition) is 1. The molecule has 1 rings (SSSR count). The third-order valence-electron chi connectivity index (χ3n) is 1.97. The first-order valence-electron chi connectivity index (χ1n) is 3.71. The maximum Gasteiger partial charge on any atom is 0.00419 e. The van der Waals surface area contributed by atoms with Gasteiger partial charge in [0.05, 0.1) is 0 Å². The fourth-order valence-corrected chi connectivity index (χ4v) is 1.27. The maximum absolute atomic E-state index is 5.76. The Morgan fingerprint density at radius 3 is 2.89 bits per heavy atom. The predicted octanol–water partition coefficient (Wildman–Crippen LogP) is 1.83. The third kappa shape index (κ3) is 2.19. The highest BCUT2D eigenvalue weighted by molar-refractivity contribution is 4.96. The van der Waals surface area contributed by atoms with Gasteiger partial charge in [0.15, 0.2) is 0 Å². The zero-order chi connectivity index (χ0) is 6.69. The van der Waals surface area contributed by atoms with E-state index >= 15 is 0 Å². The third-order valence-corrected chi connectivity index (χ3v) is 1.97. The van der Waals surface area contributed by atoms with Gasteiger partial charge in [-0.3, -0.25) is 0 Å². The van der Waals surface area contributed by atoms with Crippen molar-refractivity contribution in [2.24, 2.45) is 5.73 Å². The Labute approximate surface area is 56.9 Å². The second-order valence-electron chi connectivity index (χ2n) is 2.94. The number of allylic oxidation sites excluding steroid dienone is 1. The molecule has 1 heteroatoms. The first kappa shape index (κ1) is 6.81. The molecule has 1 fully saturated rings. The molecule has 0 aromatic heterocycles. The first-order chi connectivity index (χ1) is 4.29. The van der Waals surface area contributed by atoms with Crippen molar-refractivity contribution in [1.82, 2.24) is 0 Å². The summed E-state index contributed by atoms with van der Waals surface area (Å²) in [5.74, 6) is 0. The van der Waals surface area contributed by atoms with Crippen LogP contribution in [-0.2, 0) is 0 Å². The average Bonchev–Trinajstić information content (AvgIpc) is 1.97. The standard InChI is InChI=1S/C8H15N/c1-7-3-2-4-8(9)6-5-7/h8H,1-6,9H2/t8-/m1/s1. The lowest BCUT2D eigenvalue weighted by Crippen LogP contribution is -2.17. The van der Waals surface area contributed by atoms with Gasteiger partial charge < -0.3 is 5.73 Å². The highest BCUT2D eigenvalue weighted by Gasteiger charge is 2.08. The van der Waals surface area contributed by atoms with Crippen LogP contribution in [0.25, 0.3) is 0 Å². The highest BCUT2D eigenvalue weighted by Crippen LogP contribution is 2.19. The second-order valence-corrected chi connectivity index (χ2v) is 2.94. The topological polar surface area (TPSA) is 26.0 Å². The zero-order valence-electron chi connectivity index (χ0n) is 5.90. The van der Waals surface area contributed by atoms with Gasteiger partial charge in [0.1, 0.15) is 0 Å². The van der Waals surface area contributed by atoms with Crippen molar-refractivity contribution in [2.75, 3.05) is 0 Å². The fraction of sp³-hybridized carbons (Fsp3) is 0.750. The molecule has 1 nitrogen and oxygen atoms in total. The van der Waals surface area contributed by atoms with E-state index in [1.54, 1.807) is 0 Å². The summed E-state index contributed by atoms with van der Waals surface area (Å²) in [7, 11) is 0. The van der Waals surface area contributed by atoms with Crippen LogP contribution in [0.3, 0.4) is 0 Å². The molecule has 0 radical (unpaired) electrons. The molecule has 0 aliphatic heterocycles. The van der Waals surface area contributed by atoms with Gasteiger partial charge in [0.25, 0.3) is 0 Å². The van der Waals surface area contributed by atoms with E-state index in [1.165, 1.54) is 24.8 Å². The van der Waals surface area contributed by atoms with Crippen molar-refractivity contribution in [1.29, 1.82) is 0 Å². The Morgan fingerprint density at radius 1 is 1.33 bits per heavy atom. The summed E-state index contributed by atoms with van der Waals surface area (Å²) in [5, 5.41) is 0. The van der Waals surface area contributed by atoms with Crippen LogP contribution in [0.1, 0.15) is 32.1 Å². The Kier molecular flexibility index (Phi) is 2.29. The molecule has 0 spiro atoms. The second kappa shape index (κ2) is 3.02. The minimum Gasteiger partial charge on any atom is -0.328 e. The summed E-state index contributed by atoms with van der Waals surface area (Å²) in [6, 6.07) is 0.448. The first-order valence-corrected chi connectivity index (χ1v) is 3.71. The fourth-order valence-electron chi connectivity index (χ4n) is 1.27. The molecule has 9 heavy (non-hydrogen) atoms. The van der Waals surface area contributed by atoms with E-state index in [4.69, 9.17) is 5.73 Å². The van der Waals surface area contributed by atoms with Crippen molar-refractivity contribution in [3.8, 4) is 0 Å². The van der Waals surface area contributed by atoms with E-state index in [1.807, 2.05) is 0 Å². The molecular weight excluding hydrogens is 110 g/mol. The van der Waals surface area contributed by atoms with E-state index in [0.29, 0.717) is 6.04 Å². The van der Waals surface area contributed by atoms with Gasteiger partial charge in [0.2, 0.25) is 0 Å². The van der Waals surface area contributed by atoms with Crippen LogP contribution in [0.2, 0.25) is 0 Å². The van der Waals surface area contributed by atoms with Crippen LogP contribution in [0.15, 0.2) is 12.2 Å². The van der Waals surface area contributed by atoms with Gasteiger partial charge in [0, 0.05) is 6.04 Å². The van der Waals surface area contributed by atoms with Crippen LogP contribution in [0.4, 0.5) is 0 Å². The number of nitrogens with two attached hydrogens (primary N) is 1. The van der Waals surface area contributed by atoms with E-state index < -0.39 is 0 Å². The number of hydrogen-bond acceptors (Lipinski definition) is 1. The lowest BCUT2D eigenvalue weighted by molar-refractivity contribution is 0.586. The molecular formula is C8H15N. The average molecular weight is 125 g/mol. The van der Waals surface area contributed by atoms with Crippen LogP contribution < -0.4 is 5.73 Å². The van der Waals surface area contributed by atoms with Gasteiger partial charge >= 0.3 is 0 Å². The summed E-state index contributed by atoms with van der Waals surface area (Å²) < 4.78 is 0. The Hall–Kier alpha value is -0.300. The zero-order valence-corrected chi connectivity index (χ0v) is 5.90. The van der Waals surface area contributed by atoms with Crippen LogP contribution in [0, 0.1) is 0 Å². The molecule has 0 aromatic rings. The molecule has 0 unspecified atom stereocenters. The lowest BCUT2D eigenvalue weighted by atomic mass is 10.1. The molecule has 1 saturated carbocycles. The van der Waals surface area contributed by atoms with Crippen molar-refractivity contribution >= 4 is 0 Å². The van der Waals surface area contributed by atoms with E-state index in [2.05, 4.69) is 6.58 Å². The molecule has 0 aromatic carbocycles. The van der Waals surface area contributed by atoms with Gasteiger partial charge in [-0.15, -0.1) is 0 Å². The van der Waals surface area contributed by atoms with E-state index in [9.17, 15) is 0 Å². The Morgan fingerprint density at radius 2 is 2.11 bits per heavy atom. The highest BCUT2D eigenvalue weighted by atomic mass is 14.6. The van der Waals surface area contributed by atoms with Crippen LogP contribution in [0.5, 0.6) is 0 Å². The summed E-state index contributed by atoms with van der Waals surface area (Å²) >= 11 is 0. The minimum atomic E-state index is 0.448. The minimum absolute atomic E-state index is 0.448. The molecule has 0 heterocycles. The number of rotatable bonds is 0. The smallest absolute Gasteiger partial charge is 0.00419 e. The van der Waals surface area contributed by atoms with Crippen molar-refractivity contribution in [3.63, 3.8) is 0 Å². The molecule has 1 aliphatic rings. The Balaban J connectivity index is 2.34. The monoisotopic (exact) mass is 125 g/mol. The SMILES string of the molecule is C=C1CCC[C@@H](N)CC1. The molecule has 0 amide bonds.